The molecule has 0 aliphatic rings. The Morgan fingerprint density at radius 2 is 2.08 bits per heavy atom. The summed E-state index contributed by atoms with van der Waals surface area (Å²) in [7, 11) is 2.03. The summed E-state index contributed by atoms with van der Waals surface area (Å²) in [6, 6.07) is 0.351. The van der Waals surface area contributed by atoms with Gasteiger partial charge in [-0.3, -0.25) is 4.79 Å². The molecule has 0 fully saturated rings. The molecule has 1 amide bonds. The van der Waals surface area contributed by atoms with Gasteiger partial charge < -0.3 is 10.2 Å². The smallest absolute Gasteiger partial charge is 0.237 e. The number of carbonyl (C=O) groups is 1. The molecule has 78 valence electrons. The monoisotopic (exact) mass is 206 g/mol. The summed E-state index contributed by atoms with van der Waals surface area (Å²) >= 11 is 5.60. The van der Waals surface area contributed by atoms with Gasteiger partial charge in [0, 0.05) is 12.6 Å². The molecule has 2 atom stereocenters. The maximum absolute atomic E-state index is 11.1. The van der Waals surface area contributed by atoms with Crippen molar-refractivity contribution in [3.8, 4) is 0 Å². The molecule has 0 heterocycles. The molecule has 0 rings (SSSR count). The Balaban J connectivity index is 3.69. The highest BCUT2D eigenvalue weighted by Crippen LogP contribution is 1.95. The van der Waals surface area contributed by atoms with Crippen LogP contribution < -0.4 is 5.32 Å². The van der Waals surface area contributed by atoms with Gasteiger partial charge in [-0.05, 0) is 27.4 Å². The average molecular weight is 207 g/mol. The fourth-order valence-corrected chi connectivity index (χ4v) is 0.934. The van der Waals surface area contributed by atoms with Crippen molar-refractivity contribution in [1.29, 1.82) is 0 Å². The number of nitrogens with zero attached hydrogens (tertiary/aromatic N) is 1. The third kappa shape index (κ3) is 5.11. The van der Waals surface area contributed by atoms with E-state index in [1.165, 1.54) is 0 Å². The topological polar surface area (TPSA) is 32.3 Å². The molecule has 0 aliphatic heterocycles. The minimum atomic E-state index is -0.445. The van der Waals surface area contributed by atoms with Crippen molar-refractivity contribution in [2.45, 2.75) is 32.2 Å². The van der Waals surface area contributed by atoms with E-state index in [0.29, 0.717) is 12.6 Å². The number of halogens is 1. The van der Waals surface area contributed by atoms with Crippen LogP contribution in [0.1, 0.15) is 20.8 Å². The fourth-order valence-electron chi connectivity index (χ4n) is 0.856. The highest BCUT2D eigenvalue weighted by Gasteiger charge is 2.11. The lowest BCUT2D eigenvalue weighted by molar-refractivity contribution is -0.120. The predicted molar refractivity (Wildman–Crippen MR) is 56.1 cm³/mol. The van der Waals surface area contributed by atoms with E-state index in [2.05, 4.69) is 24.1 Å². The second kappa shape index (κ2) is 6.22. The lowest BCUT2D eigenvalue weighted by atomic mass is 10.3. The number of carbonyl (C=O) groups excluding carboxylic acids is 1. The van der Waals surface area contributed by atoms with Crippen LogP contribution in [0.15, 0.2) is 0 Å². The van der Waals surface area contributed by atoms with Crippen molar-refractivity contribution in [3.63, 3.8) is 0 Å². The fraction of sp³-hybridized carbons (Fsp3) is 0.889. The van der Waals surface area contributed by atoms with E-state index in [9.17, 15) is 4.79 Å². The van der Waals surface area contributed by atoms with E-state index in [-0.39, 0.29) is 5.91 Å². The second-order valence-electron chi connectivity index (χ2n) is 3.28. The van der Waals surface area contributed by atoms with Gasteiger partial charge in [-0.2, -0.15) is 0 Å². The van der Waals surface area contributed by atoms with E-state index in [4.69, 9.17) is 11.6 Å². The zero-order valence-corrected chi connectivity index (χ0v) is 9.56. The van der Waals surface area contributed by atoms with E-state index in [1.54, 1.807) is 6.92 Å². The third-order valence-electron chi connectivity index (χ3n) is 2.18. The molecule has 0 aliphatic carbocycles. The van der Waals surface area contributed by atoms with Crippen molar-refractivity contribution in [2.75, 3.05) is 20.1 Å². The normalized spacial score (nSPS) is 15.5. The molecule has 0 bridgehead atoms. The minimum absolute atomic E-state index is 0.0991. The summed E-state index contributed by atoms with van der Waals surface area (Å²) < 4.78 is 0. The summed E-state index contributed by atoms with van der Waals surface area (Å²) in [6.07, 6.45) is 0. The van der Waals surface area contributed by atoms with Crippen LogP contribution in [-0.2, 0) is 4.79 Å². The summed E-state index contributed by atoms with van der Waals surface area (Å²) in [5.74, 6) is -0.0991. The molecule has 0 aromatic heterocycles. The van der Waals surface area contributed by atoms with Crippen LogP contribution >= 0.6 is 11.6 Å². The van der Waals surface area contributed by atoms with Gasteiger partial charge in [0.1, 0.15) is 5.38 Å². The van der Waals surface area contributed by atoms with Gasteiger partial charge in [0.05, 0.1) is 0 Å². The van der Waals surface area contributed by atoms with Gasteiger partial charge >= 0.3 is 0 Å². The van der Waals surface area contributed by atoms with Gasteiger partial charge in [-0.15, -0.1) is 11.6 Å². The van der Waals surface area contributed by atoms with Crippen molar-refractivity contribution < 1.29 is 4.79 Å². The number of amides is 1. The Morgan fingerprint density at radius 3 is 2.46 bits per heavy atom. The Bertz CT molecular complexity index is 162. The highest BCUT2D eigenvalue weighted by molar-refractivity contribution is 6.30. The first-order valence-electron chi connectivity index (χ1n) is 4.61. The highest BCUT2D eigenvalue weighted by atomic mass is 35.5. The van der Waals surface area contributed by atoms with Crippen molar-refractivity contribution in [2.24, 2.45) is 0 Å². The van der Waals surface area contributed by atoms with Crippen LogP contribution in [0.4, 0.5) is 0 Å². The zero-order chi connectivity index (χ0) is 10.4. The summed E-state index contributed by atoms with van der Waals surface area (Å²) in [4.78, 5) is 13.3. The first-order chi connectivity index (χ1) is 5.99. The summed E-state index contributed by atoms with van der Waals surface area (Å²) in [5, 5.41) is 2.34. The Labute approximate surface area is 85.4 Å². The number of rotatable bonds is 5. The molecule has 0 spiro atoms. The quantitative estimate of drug-likeness (QED) is 0.683. The maximum Gasteiger partial charge on any atom is 0.237 e. The first-order valence-corrected chi connectivity index (χ1v) is 5.04. The minimum Gasteiger partial charge on any atom is -0.353 e. The van der Waals surface area contributed by atoms with Crippen LogP contribution in [-0.4, -0.2) is 42.4 Å². The Kier molecular flexibility index (Phi) is 6.08. The van der Waals surface area contributed by atoms with E-state index >= 15 is 0 Å². The lowest BCUT2D eigenvalue weighted by Gasteiger charge is -2.23. The van der Waals surface area contributed by atoms with Gasteiger partial charge in [-0.25, -0.2) is 0 Å². The molecule has 3 nitrogen and oxygen atoms in total. The summed E-state index contributed by atoms with van der Waals surface area (Å²) in [5.41, 5.74) is 0. The maximum atomic E-state index is 11.1. The lowest BCUT2D eigenvalue weighted by Crippen LogP contribution is -2.41. The number of nitrogens with one attached hydrogen (secondary N) is 1. The first kappa shape index (κ1) is 12.7. The molecule has 13 heavy (non-hydrogen) atoms. The molecule has 4 heteroatoms. The van der Waals surface area contributed by atoms with Crippen LogP contribution in [0, 0.1) is 0 Å². The van der Waals surface area contributed by atoms with Crippen molar-refractivity contribution >= 4 is 17.5 Å². The predicted octanol–water partition coefficient (Wildman–Crippen LogP) is 1.07. The van der Waals surface area contributed by atoms with E-state index in [0.717, 1.165) is 6.54 Å². The molecule has 0 radical (unpaired) electrons. The largest absolute Gasteiger partial charge is 0.353 e. The third-order valence-corrected chi connectivity index (χ3v) is 2.38. The molecule has 0 aromatic rings. The van der Waals surface area contributed by atoms with Crippen LogP contribution in [0.5, 0.6) is 0 Å². The molecule has 1 N–H and O–H groups in total. The molecular formula is C9H19ClN2O. The Hall–Kier alpha value is -0.280. The van der Waals surface area contributed by atoms with Crippen molar-refractivity contribution in [3.05, 3.63) is 0 Å². The van der Waals surface area contributed by atoms with E-state index < -0.39 is 5.38 Å². The number of hydrogen-bond acceptors (Lipinski definition) is 2. The standard InChI is InChI=1S/C9H19ClN2O/c1-5-12(4)7(2)6-11-9(13)8(3)10/h7-8H,5-6H2,1-4H3,(H,11,13). The van der Waals surface area contributed by atoms with Crippen LogP contribution in [0.2, 0.25) is 0 Å². The number of alkyl halides is 1. The summed E-state index contributed by atoms with van der Waals surface area (Å²) in [6.45, 7) is 7.46. The van der Waals surface area contributed by atoms with Crippen LogP contribution in [0.25, 0.3) is 0 Å². The molecule has 2 unspecified atom stereocenters. The number of hydrogen-bond donors (Lipinski definition) is 1. The SMILES string of the molecule is CCN(C)C(C)CNC(=O)C(C)Cl. The molecule has 0 saturated heterocycles. The second-order valence-corrected chi connectivity index (χ2v) is 3.94. The van der Waals surface area contributed by atoms with Gasteiger partial charge in [0.25, 0.3) is 0 Å². The Morgan fingerprint density at radius 1 is 1.54 bits per heavy atom. The number of likely N-dealkylation sites (N-methyl/N-ethyl adjacent to an activating group) is 1. The molecule has 0 saturated carbocycles. The van der Waals surface area contributed by atoms with Crippen LogP contribution in [0.3, 0.4) is 0 Å². The van der Waals surface area contributed by atoms with Gasteiger partial charge in [-0.1, -0.05) is 6.92 Å². The average Bonchev–Trinajstić information content (AvgIpc) is 2.11. The van der Waals surface area contributed by atoms with Gasteiger partial charge in [0.15, 0.2) is 0 Å². The zero-order valence-electron chi connectivity index (χ0n) is 8.80. The molecule has 0 aromatic carbocycles. The van der Waals surface area contributed by atoms with Gasteiger partial charge in [0.2, 0.25) is 5.91 Å². The molecular weight excluding hydrogens is 188 g/mol. The van der Waals surface area contributed by atoms with E-state index in [1.807, 2.05) is 7.05 Å². The van der Waals surface area contributed by atoms with Crippen molar-refractivity contribution in [1.82, 2.24) is 10.2 Å².